The van der Waals surface area contributed by atoms with Gasteiger partial charge in [0.1, 0.15) is 0 Å². The largest absolute Gasteiger partial charge is 0.309 e. The number of rotatable bonds is 3. The number of thiophene rings is 1. The fourth-order valence-corrected chi connectivity index (χ4v) is 10.1. The fourth-order valence-electron chi connectivity index (χ4n) is 8.98. The van der Waals surface area contributed by atoms with Gasteiger partial charge in [-0.05, 0) is 81.9 Å². The standard InChI is InChI=1S/C50H30N2S/c1-2-14-33-28-35(26-24-31(33)12-1)51-44-21-9-6-18-38(44)48-40(30-47-49(50(48)51)39-19-7-10-23-46(39)53-47)34-25-27-45-41(29-34)37-17-5-8-20-43(37)52(45)42-22-11-15-32-13-3-4-16-36(32)42/h1-30H. The van der Waals surface area contributed by atoms with E-state index in [4.69, 9.17) is 0 Å². The summed E-state index contributed by atoms with van der Waals surface area (Å²) in [6.07, 6.45) is 0. The molecule has 0 radical (unpaired) electrons. The van der Waals surface area contributed by atoms with Gasteiger partial charge in [-0.25, -0.2) is 0 Å². The lowest BCUT2D eigenvalue weighted by atomic mass is 9.96. The number of hydrogen-bond acceptors (Lipinski definition) is 1. The molecule has 3 aromatic heterocycles. The number of hydrogen-bond donors (Lipinski definition) is 0. The van der Waals surface area contributed by atoms with E-state index >= 15 is 0 Å². The summed E-state index contributed by atoms with van der Waals surface area (Å²) in [5.74, 6) is 0. The molecule has 53 heavy (non-hydrogen) atoms. The zero-order chi connectivity index (χ0) is 34.6. The molecule has 0 atom stereocenters. The predicted octanol–water partition coefficient (Wildman–Crippen LogP) is 14.2. The first-order chi connectivity index (χ1) is 26.3. The number of para-hydroxylation sites is 2. The molecule has 0 unspecified atom stereocenters. The molecule has 9 aromatic carbocycles. The Morgan fingerprint density at radius 3 is 1.89 bits per heavy atom. The Bertz CT molecular complexity index is 3460. The van der Waals surface area contributed by atoms with Gasteiger partial charge in [-0.2, -0.15) is 0 Å². The van der Waals surface area contributed by atoms with Crippen LogP contribution in [0.1, 0.15) is 0 Å². The van der Waals surface area contributed by atoms with Gasteiger partial charge in [-0.3, -0.25) is 0 Å². The van der Waals surface area contributed by atoms with E-state index in [0.29, 0.717) is 0 Å². The number of nitrogens with zero attached hydrogens (tertiary/aromatic N) is 2. The van der Waals surface area contributed by atoms with Crippen LogP contribution in [0.5, 0.6) is 0 Å². The van der Waals surface area contributed by atoms with Gasteiger partial charge in [0.05, 0.1) is 27.8 Å². The third-order valence-corrected chi connectivity index (χ3v) is 12.4. The smallest absolute Gasteiger partial charge is 0.0640 e. The van der Waals surface area contributed by atoms with Crippen molar-refractivity contribution in [3.63, 3.8) is 0 Å². The molecule has 12 rings (SSSR count). The fraction of sp³-hybridized carbons (Fsp3) is 0. The van der Waals surface area contributed by atoms with Crippen molar-refractivity contribution < 1.29 is 0 Å². The molecule has 0 N–H and O–H groups in total. The molecule has 0 fully saturated rings. The highest BCUT2D eigenvalue weighted by Crippen LogP contribution is 2.48. The van der Waals surface area contributed by atoms with Crippen LogP contribution in [0.15, 0.2) is 182 Å². The van der Waals surface area contributed by atoms with Crippen LogP contribution in [0.4, 0.5) is 0 Å². The minimum atomic E-state index is 1.18. The number of aromatic nitrogens is 2. The second-order valence-electron chi connectivity index (χ2n) is 14.1. The lowest BCUT2D eigenvalue weighted by Gasteiger charge is -2.13. The van der Waals surface area contributed by atoms with Crippen molar-refractivity contribution >= 4 is 96.7 Å². The van der Waals surface area contributed by atoms with E-state index in [1.165, 1.54) is 108 Å². The first-order valence-electron chi connectivity index (χ1n) is 18.2. The maximum Gasteiger partial charge on any atom is 0.0640 e. The molecule has 0 bridgehead atoms. The van der Waals surface area contributed by atoms with Gasteiger partial charge in [0, 0.05) is 52.8 Å². The summed E-state index contributed by atoms with van der Waals surface area (Å²) >= 11 is 1.89. The van der Waals surface area contributed by atoms with Crippen molar-refractivity contribution in [2.24, 2.45) is 0 Å². The molecule has 3 heteroatoms. The van der Waals surface area contributed by atoms with E-state index in [9.17, 15) is 0 Å². The highest BCUT2D eigenvalue weighted by Gasteiger charge is 2.23. The van der Waals surface area contributed by atoms with E-state index in [1.807, 2.05) is 11.3 Å². The van der Waals surface area contributed by atoms with Crippen LogP contribution in [0.2, 0.25) is 0 Å². The second-order valence-corrected chi connectivity index (χ2v) is 15.2. The lowest BCUT2D eigenvalue weighted by molar-refractivity contribution is 1.19. The summed E-state index contributed by atoms with van der Waals surface area (Å²) in [4.78, 5) is 0. The Morgan fingerprint density at radius 1 is 0.358 bits per heavy atom. The van der Waals surface area contributed by atoms with E-state index in [2.05, 4.69) is 191 Å². The van der Waals surface area contributed by atoms with Gasteiger partial charge < -0.3 is 9.13 Å². The molecule has 0 aliphatic rings. The molecule has 0 saturated carbocycles. The van der Waals surface area contributed by atoms with Crippen LogP contribution in [-0.4, -0.2) is 9.13 Å². The average Bonchev–Trinajstić information content (AvgIpc) is 3.87. The monoisotopic (exact) mass is 690 g/mol. The third kappa shape index (κ3) is 4.08. The molecule has 0 amide bonds. The van der Waals surface area contributed by atoms with Crippen molar-refractivity contribution in [1.82, 2.24) is 9.13 Å². The van der Waals surface area contributed by atoms with Gasteiger partial charge in [-0.15, -0.1) is 11.3 Å². The first kappa shape index (κ1) is 29.0. The van der Waals surface area contributed by atoms with Crippen molar-refractivity contribution in [2.45, 2.75) is 0 Å². The molecule has 0 spiro atoms. The van der Waals surface area contributed by atoms with E-state index in [0.717, 1.165) is 0 Å². The van der Waals surface area contributed by atoms with Crippen molar-refractivity contribution in [3.05, 3.63) is 182 Å². The molecule has 2 nitrogen and oxygen atoms in total. The summed E-state index contributed by atoms with van der Waals surface area (Å²) < 4.78 is 7.59. The Kier molecular flexibility index (Phi) is 5.96. The molecule has 0 saturated heterocycles. The van der Waals surface area contributed by atoms with Crippen molar-refractivity contribution in [1.29, 1.82) is 0 Å². The van der Waals surface area contributed by atoms with Crippen molar-refractivity contribution in [3.8, 4) is 22.5 Å². The first-order valence-corrected chi connectivity index (χ1v) is 19.0. The van der Waals surface area contributed by atoms with Crippen LogP contribution >= 0.6 is 11.3 Å². The molecule has 0 aliphatic heterocycles. The summed E-state index contributed by atoms with van der Waals surface area (Å²) in [6.45, 7) is 0. The Hall–Kier alpha value is -6.68. The lowest BCUT2D eigenvalue weighted by Crippen LogP contribution is -1.95. The normalized spacial score (nSPS) is 12.2. The zero-order valence-electron chi connectivity index (χ0n) is 28.6. The minimum absolute atomic E-state index is 1.18. The minimum Gasteiger partial charge on any atom is -0.309 e. The van der Waals surface area contributed by atoms with Gasteiger partial charge in [0.2, 0.25) is 0 Å². The second kappa shape index (κ2) is 10.9. The van der Waals surface area contributed by atoms with Gasteiger partial charge in [0.15, 0.2) is 0 Å². The zero-order valence-corrected chi connectivity index (χ0v) is 29.4. The van der Waals surface area contributed by atoms with Gasteiger partial charge in [-0.1, -0.05) is 127 Å². The predicted molar refractivity (Wildman–Crippen MR) is 228 cm³/mol. The summed E-state index contributed by atoms with van der Waals surface area (Å²) in [7, 11) is 0. The maximum absolute atomic E-state index is 2.52. The Balaban J connectivity index is 1.21. The molecular formula is C50H30N2S. The van der Waals surface area contributed by atoms with Crippen LogP contribution < -0.4 is 0 Å². The number of fused-ring (bicyclic) bond motifs is 12. The number of benzene rings is 9. The van der Waals surface area contributed by atoms with Gasteiger partial charge in [0.25, 0.3) is 0 Å². The molecule has 3 heterocycles. The average molecular weight is 691 g/mol. The summed E-state index contributed by atoms with van der Waals surface area (Å²) in [5, 5.41) is 12.7. The van der Waals surface area contributed by atoms with E-state index in [-0.39, 0.29) is 0 Å². The maximum atomic E-state index is 2.52. The molecular weight excluding hydrogens is 661 g/mol. The van der Waals surface area contributed by atoms with E-state index < -0.39 is 0 Å². The molecule has 12 aromatic rings. The summed E-state index contributed by atoms with van der Waals surface area (Å²) in [6, 6.07) is 67.2. The molecule has 0 aliphatic carbocycles. The van der Waals surface area contributed by atoms with Crippen molar-refractivity contribution in [2.75, 3.05) is 0 Å². The third-order valence-electron chi connectivity index (χ3n) is 11.3. The molecule has 246 valence electrons. The topological polar surface area (TPSA) is 9.86 Å². The van der Waals surface area contributed by atoms with Crippen LogP contribution in [0, 0.1) is 0 Å². The van der Waals surface area contributed by atoms with Gasteiger partial charge >= 0.3 is 0 Å². The van der Waals surface area contributed by atoms with Crippen LogP contribution in [0.3, 0.4) is 0 Å². The Morgan fingerprint density at radius 2 is 1.02 bits per heavy atom. The highest BCUT2D eigenvalue weighted by molar-refractivity contribution is 7.26. The summed E-state index contributed by atoms with van der Waals surface area (Å²) in [5.41, 5.74) is 9.79. The van der Waals surface area contributed by atoms with E-state index in [1.54, 1.807) is 0 Å². The van der Waals surface area contributed by atoms with Crippen LogP contribution in [0.25, 0.3) is 108 Å². The Labute approximate surface area is 309 Å². The van der Waals surface area contributed by atoms with Crippen LogP contribution in [-0.2, 0) is 0 Å². The quantitative estimate of drug-likeness (QED) is 0.175. The highest BCUT2D eigenvalue weighted by atomic mass is 32.1. The SMILES string of the molecule is c1ccc2cc(-n3c4ccccc4c4c(-c5ccc6c(c5)c5ccccc5n6-c5cccc6ccccc56)cc5sc6ccccc6c5c43)ccc2c1.